The van der Waals surface area contributed by atoms with Crippen molar-refractivity contribution in [1.82, 2.24) is 28.6 Å². The van der Waals surface area contributed by atoms with Gasteiger partial charge in [-0.2, -0.15) is 0 Å². The molecule has 10 nitrogen and oxygen atoms in total. The molecule has 0 bridgehead atoms. The second-order valence-corrected chi connectivity index (χ2v) is 7.85. The summed E-state index contributed by atoms with van der Waals surface area (Å²) in [4.78, 5) is 47.3. The molecule has 3 aromatic heterocycles. The van der Waals surface area contributed by atoms with Gasteiger partial charge in [-0.15, -0.1) is 0 Å². The number of aromatic nitrogens is 5. The number of hydrogen-bond acceptors (Lipinski definition) is 6. The van der Waals surface area contributed by atoms with E-state index in [9.17, 15) is 14.4 Å². The number of rotatable bonds is 4. The van der Waals surface area contributed by atoms with Gasteiger partial charge in [-0.05, 0) is 22.0 Å². The van der Waals surface area contributed by atoms with E-state index in [1.807, 2.05) is 6.07 Å². The second-order valence-electron chi connectivity index (χ2n) is 6.93. The number of pyridine rings is 1. The minimum absolute atomic E-state index is 0.0345. The van der Waals surface area contributed by atoms with E-state index < -0.39 is 11.2 Å². The molecule has 1 aliphatic rings. The molecule has 0 aromatic carbocycles. The molecular formula is C18H19BrN6O4. The molecule has 29 heavy (non-hydrogen) atoms. The van der Waals surface area contributed by atoms with Crippen LogP contribution in [0.15, 0.2) is 38.7 Å². The Morgan fingerprint density at radius 3 is 2.76 bits per heavy atom. The largest absolute Gasteiger partial charge is 0.472 e. The monoisotopic (exact) mass is 462 g/mol. The van der Waals surface area contributed by atoms with Crippen molar-refractivity contribution in [2.45, 2.75) is 19.1 Å². The Bertz CT molecular complexity index is 1200. The molecule has 0 N–H and O–H groups in total. The molecule has 1 amide bonds. The standard InChI is InChI=1S/C18H19BrN6O4/c1-22-16-15(17(27)23(2)18(22)28)25(10-21-16)9-14(26)24-6-5-12(8-24)29-13-4-3-11(19)7-20-13/h3-4,7,10,12H,5-6,8-9H2,1-2H3. The molecule has 1 aliphatic heterocycles. The number of nitrogens with zero attached hydrogens (tertiary/aromatic N) is 6. The predicted molar refractivity (Wildman–Crippen MR) is 108 cm³/mol. The van der Waals surface area contributed by atoms with Crippen molar-refractivity contribution >= 4 is 33.0 Å². The maximum absolute atomic E-state index is 12.8. The first kappa shape index (κ1) is 19.4. The van der Waals surface area contributed by atoms with Gasteiger partial charge < -0.3 is 14.2 Å². The first-order valence-electron chi connectivity index (χ1n) is 9.02. The van der Waals surface area contributed by atoms with Crippen LogP contribution >= 0.6 is 15.9 Å². The number of hydrogen-bond donors (Lipinski definition) is 0. The Morgan fingerprint density at radius 1 is 1.24 bits per heavy atom. The van der Waals surface area contributed by atoms with Crippen molar-refractivity contribution in [3.05, 3.63) is 50.0 Å². The number of likely N-dealkylation sites (tertiary alicyclic amines) is 1. The fourth-order valence-corrected chi connectivity index (χ4v) is 3.65. The number of carbonyl (C=O) groups is 1. The van der Waals surface area contributed by atoms with E-state index in [1.54, 1.807) is 24.2 Å². The van der Waals surface area contributed by atoms with Crippen molar-refractivity contribution < 1.29 is 9.53 Å². The number of halogens is 1. The number of carbonyl (C=O) groups excluding carboxylic acids is 1. The van der Waals surface area contributed by atoms with Crippen LogP contribution in [-0.2, 0) is 25.4 Å². The third kappa shape index (κ3) is 3.57. The number of imidazole rings is 1. The Balaban J connectivity index is 1.48. The fourth-order valence-electron chi connectivity index (χ4n) is 3.42. The zero-order valence-corrected chi connectivity index (χ0v) is 17.5. The van der Waals surface area contributed by atoms with E-state index in [4.69, 9.17) is 4.74 Å². The summed E-state index contributed by atoms with van der Waals surface area (Å²) in [6.07, 6.45) is 3.63. The van der Waals surface area contributed by atoms with Gasteiger partial charge >= 0.3 is 5.69 Å². The smallest absolute Gasteiger partial charge is 0.332 e. The molecular weight excluding hydrogens is 444 g/mol. The molecule has 1 saturated heterocycles. The number of aryl methyl sites for hydroxylation is 1. The van der Waals surface area contributed by atoms with Gasteiger partial charge in [0.15, 0.2) is 11.2 Å². The van der Waals surface area contributed by atoms with Gasteiger partial charge in [0.05, 0.1) is 12.9 Å². The Morgan fingerprint density at radius 2 is 2.03 bits per heavy atom. The minimum Gasteiger partial charge on any atom is -0.472 e. The molecule has 1 unspecified atom stereocenters. The fraction of sp³-hybridized carbons (Fsp3) is 0.389. The lowest BCUT2D eigenvalue weighted by molar-refractivity contribution is -0.131. The highest BCUT2D eigenvalue weighted by atomic mass is 79.9. The Labute approximate surface area is 173 Å². The van der Waals surface area contributed by atoms with Crippen molar-refractivity contribution in [3.63, 3.8) is 0 Å². The summed E-state index contributed by atoms with van der Waals surface area (Å²) in [5.74, 6) is 0.368. The zero-order chi connectivity index (χ0) is 20.7. The van der Waals surface area contributed by atoms with Crippen LogP contribution in [0.4, 0.5) is 0 Å². The van der Waals surface area contributed by atoms with E-state index in [-0.39, 0.29) is 29.7 Å². The lowest BCUT2D eigenvalue weighted by Gasteiger charge is -2.17. The van der Waals surface area contributed by atoms with Crippen LogP contribution in [-0.4, -0.2) is 53.7 Å². The summed E-state index contributed by atoms with van der Waals surface area (Å²) in [7, 11) is 2.95. The van der Waals surface area contributed by atoms with Gasteiger partial charge in [0.2, 0.25) is 11.8 Å². The third-order valence-electron chi connectivity index (χ3n) is 5.01. The van der Waals surface area contributed by atoms with E-state index in [2.05, 4.69) is 25.9 Å². The van der Waals surface area contributed by atoms with Crippen LogP contribution < -0.4 is 16.0 Å². The van der Waals surface area contributed by atoms with Crippen LogP contribution in [0, 0.1) is 0 Å². The van der Waals surface area contributed by atoms with Gasteiger partial charge in [-0.1, -0.05) is 0 Å². The summed E-state index contributed by atoms with van der Waals surface area (Å²) in [5, 5.41) is 0. The lowest BCUT2D eigenvalue weighted by Crippen LogP contribution is -2.38. The highest BCUT2D eigenvalue weighted by Crippen LogP contribution is 2.19. The molecule has 11 heteroatoms. The highest BCUT2D eigenvalue weighted by Gasteiger charge is 2.28. The van der Waals surface area contributed by atoms with Crippen molar-refractivity contribution in [1.29, 1.82) is 0 Å². The molecule has 4 rings (SSSR count). The first-order valence-corrected chi connectivity index (χ1v) is 9.81. The molecule has 152 valence electrons. The van der Waals surface area contributed by atoms with Gasteiger partial charge in [0.1, 0.15) is 12.6 Å². The van der Waals surface area contributed by atoms with Crippen molar-refractivity contribution in [2.75, 3.05) is 13.1 Å². The molecule has 1 atom stereocenters. The van der Waals surface area contributed by atoms with E-state index in [1.165, 1.54) is 22.5 Å². The Hall–Kier alpha value is -2.95. The van der Waals surface area contributed by atoms with Crippen LogP contribution in [0.3, 0.4) is 0 Å². The predicted octanol–water partition coefficient (Wildman–Crippen LogP) is 0.271. The molecule has 0 radical (unpaired) electrons. The summed E-state index contributed by atoms with van der Waals surface area (Å²) < 4.78 is 10.5. The average Bonchev–Trinajstić information content (AvgIpc) is 3.34. The Kier molecular flexibility index (Phi) is 4.99. The van der Waals surface area contributed by atoms with E-state index in [0.717, 1.165) is 9.04 Å². The summed E-state index contributed by atoms with van der Waals surface area (Å²) >= 11 is 3.33. The van der Waals surface area contributed by atoms with Crippen molar-refractivity contribution in [2.24, 2.45) is 14.1 Å². The normalized spacial score (nSPS) is 16.5. The van der Waals surface area contributed by atoms with Crippen molar-refractivity contribution in [3.8, 4) is 5.88 Å². The SMILES string of the molecule is Cn1c(=O)c2c(ncn2CC(=O)N2CCC(Oc3ccc(Br)cn3)C2)n(C)c1=O. The van der Waals surface area contributed by atoms with Gasteiger partial charge in [0, 0.05) is 43.8 Å². The molecule has 0 saturated carbocycles. The maximum atomic E-state index is 12.8. The lowest BCUT2D eigenvalue weighted by atomic mass is 10.3. The molecule has 0 aliphatic carbocycles. The minimum atomic E-state index is -0.475. The number of ether oxygens (including phenoxy) is 1. The van der Waals surface area contributed by atoms with Crippen LogP contribution in [0.25, 0.3) is 11.2 Å². The van der Waals surface area contributed by atoms with Crippen LogP contribution in [0.2, 0.25) is 0 Å². The summed E-state index contributed by atoms with van der Waals surface area (Å²) in [6.45, 7) is 0.968. The quantitative estimate of drug-likeness (QED) is 0.551. The topological polar surface area (TPSA) is 104 Å². The second kappa shape index (κ2) is 7.47. The number of amides is 1. The zero-order valence-electron chi connectivity index (χ0n) is 15.9. The van der Waals surface area contributed by atoms with Gasteiger partial charge in [-0.25, -0.2) is 14.8 Å². The third-order valence-corrected chi connectivity index (χ3v) is 5.48. The summed E-state index contributed by atoms with van der Waals surface area (Å²) in [5.41, 5.74) is -0.443. The van der Waals surface area contributed by atoms with Crippen LogP contribution in [0.1, 0.15) is 6.42 Å². The first-order chi connectivity index (χ1) is 13.8. The average molecular weight is 463 g/mol. The molecule has 1 fully saturated rings. The molecule has 0 spiro atoms. The van der Waals surface area contributed by atoms with Gasteiger partial charge in [-0.3, -0.25) is 18.7 Å². The van der Waals surface area contributed by atoms with Gasteiger partial charge in [0.25, 0.3) is 5.56 Å². The summed E-state index contributed by atoms with van der Waals surface area (Å²) in [6, 6.07) is 3.62. The van der Waals surface area contributed by atoms with Crippen LogP contribution in [0.5, 0.6) is 5.88 Å². The highest BCUT2D eigenvalue weighted by molar-refractivity contribution is 9.10. The maximum Gasteiger partial charge on any atom is 0.332 e. The number of fused-ring (bicyclic) bond motifs is 1. The van der Waals surface area contributed by atoms with E-state index in [0.29, 0.717) is 25.4 Å². The molecule has 4 heterocycles. The van der Waals surface area contributed by atoms with E-state index >= 15 is 0 Å². The molecule has 3 aromatic rings.